The Bertz CT molecular complexity index is 1230. The lowest BCUT2D eigenvalue weighted by molar-refractivity contribution is 0.0694. The third-order valence-electron chi connectivity index (χ3n) is 5.77. The summed E-state index contributed by atoms with van der Waals surface area (Å²) in [6.07, 6.45) is 5.98. The molecule has 31 heavy (non-hydrogen) atoms. The first-order valence-electron chi connectivity index (χ1n) is 10.5. The van der Waals surface area contributed by atoms with Crippen molar-refractivity contribution in [2.45, 2.75) is 25.2 Å². The highest BCUT2D eigenvalue weighted by Crippen LogP contribution is 2.29. The van der Waals surface area contributed by atoms with Crippen molar-refractivity contribution in [1.29, 1.82) is 0 Å². The van der Waals surface area contributed by atoms with Gasteiger partial charge in [0.05, 0.1) is 12.1 Å². The molecule has 3 heterocycles. The molecule has 6 heteroatoms. The van der Waals surface area contributed by atoms with Crippen LogP contribution in [0.4, 0.5) is 0 Å². The number of rotatable bonds is 4. The van der Waals surface area contributed by atoms with Crippen molar-refractivity contribution in [1.82, 2.24) is 14.9 Å². The number of halogens is 1. The molecular formula is C25H22ClN3O2. The highest BCUT2D eigenvalue weighted by atomic mass is 35.5. The van der Waals surface area contributed by atoms with E-state index in [9.17, 15) is 4.79 Å². The molecule has 1 unspecified atom stereocenters. The summed E-state index contributed by atoms with van der Waals surface area (Å²) in [4.78, 5) is 24.1. The van der Waals surface area contributed by atoms with Crippen LogP contribution in [0.3, 0.4) is 0 Å². The molecule has 0 bridgehead atoms. The summed E-state index contributed by atoms with van der Waals surface area (Å²) < 4.78 is 6.06. The maximum absolute atomic E-state index is 13.3. The Kier molecular flexibility index (Phi) is 5.43. The molecule has 1 aliphatic rings. The van der Waals surface area contributed by atoms with Crippen molar-refractivity contribution in [3.05, 3.63) is 94.9 Å². The molecule has 1 fully saturated rings. The average molecular weight is 432 g/mol. The van der Waals surface area contributed by atoms with Crippen LogP contribution in [0.1, 0.15) is 46.5 Å². The van der Waals surface area contributed by atoms with Crippen LogP contribution in [-0.4, -0.2) is 33.9 Å². The molecule has 0 radical (unpaired) electrons. The van der Waals surface area contributed by atoms with Gasteiger partial charge < -0.3 is 9.32 Å². The Labute approximate surface area is 185 Å². The predicted octanol–water partition coefficient (Wildman–Crippen LogP) is 5.49. The lowest BCUT2D eigenvalue weighted by Crippen LogP contribution is -2.39. The summed E-state index contributed by atoms with van der Waals surface area (Å²) in [6, 6.07) is 17.5. The van der Waals surface area contributed by atoms with E-state index in [1.165, 1.54) is 0 Å². The van der Waals surface area contributed by atoms with Gasteiger partial charge in [-0.3, -0.25) is 9.78 Å². The van der Waals surface area contributed by atoms with Gasteiger partial charge in [0.25, 0.3) is 5.91 Å². The van der Waals surface area contributed by atoms with Crippen molar-refractivity contribution in [3.8, 4) is 0 Å². The van der Waals surface area contributed by atoms with Gasteiger partial charge in [-0.05, 0) is 42.0 Å². The van der Waals surface area contributed by atoms with Crippen LogP contribution in [0.2, 0.25) is 5.02 Å². The second-order valence-electron chi connectivity index (χ2n) is 7.94. The standard InChI is InChI=1S/C25H22ClN3O2/c26-20-8-3-5-17(13-20)14-21-15-28-24(31-21)19-7-4-12-29(16-19)25(30)23-22-9-2-1-6-18(22)10-11-27-23/h1-3,5-6,8-11,13,15,19H,4,7,12,14,16H2. The number of fused-ring (bicyclic) bond motifs is 1. The van der Waals surface area contributed by atoms with Gasteiger partial charge in [-0.15, -0.1) is 0 Å². The van der Waals surface area contributed by atoms with Gasteiger partial charge in [0.1, 0.15) is 11.5 Å². The Morgan fingerprint density at radius 1 is 1.13 bits per heavy atom. The SMILES string of the molecule is O=C(c1nccc2ccccc12)N1CCCC(c2ncc(Cc3cccc(Cl)c3)o2)C1. The first-order valence-corrected chi connectivity index (χ1v) is 10.9. The summed E-state index contributed by atoms with van der Waals surface area (Å²) in [7, 11) is 0. The number of carbonyl (C=O) groups excluding carboxylic acids is 1. The minimum absolute atomic E-state index is 0.0350. The Hall–Kier alpha value is -3.18. The number of likely N-dealkylation sites (tertiary alicyclic amines) is 1. The molecule has 1 amide bonds. The number of nitrogens with zero attached hydrogens (tertiary/aromatic N) is 3. The Morgan fingerprint density at radius 2 is 2.03 bits per heavy atom. The molecule has 4 aromatic rings. The fourth-order valence-electron chi connectivity index (χ4n) is 4.24. The molecule has 0 N–H and O–H groups in total. The van der Waals surface area contributed by atoms with E-state index in [1.807, 2.05) is 59.5 Å². The zero-order valence-corrected chi connectivity index (χ0v) is 17.8. The molecule has 156 valence electrons. The van der Waals surface area contributed by atoms with Crippen molar-refractivity contribution in [3.63, 3.8) is 0 Å². The third kappa shape index (κ3) is 4.19. The van der Waals surface area contributed by atoms with Crippen molar-refractivity contribution < 1.29 is 9.21 Å². The normalized spacial score (nSPS) is 16.5. The van der Waals surface area contributed by atoms with E-state index in [2.05, 4.69) is 9.97 Å². The Balaban J connectivity index is 1.32. The third-order valence-corrected chi connectivity index (χ3v) is 6.01. The molecule has 1 aliphatic heterocycles. The zero-order valence-electron chi connectivity index (χ0n) is 17.0. The molecule has 2 aromatic heterocycles. The van der Waals surface area contributed by atoms with Crippen LogP contribution in [0.15, 0.2) is 71.4 Å². The zero-order chi connectivity index (χ0) is 21.2. The van der Waals surface area contributed by atoms with E-state index < -0.39 is 0 Å². The number of carbonyl (C=O) groups is 1. The van der Waals surface area contributed by atoms with Crippen LogP contribution in [-0.2, 0) is 6.42 Å². The Morgan fingerprint density at radius 3 is 2.94 bits per heavy atom. The number of oxazole rings is 1. The van der Waals surface area contributed by atoms with E-state index in [-0.39, 0.29) is 11.8 Å². The summed E-state index contributed by atoms with van der Waals surface area (Å²) >= 11 is 6.08. The average Bonchev–Trinajstić information content (AvgIpc) is 3.27. The van der Waals surface area contributed by atoms with Gasteiger partial charge in [0, 0.05) is 36.1 Å². The lowest BCUT2D eigenvalue weighted by atomic mass is 9.97. The molecule has 0 saturated carbocycles. The van der Waals surface area contributed by atoms with Gasteiger partial charge in [-0.25, -0.2) is 4.98 Å². The largest absolute Gasteiger partial charge is 0.445 e. The number of amides is 1. The van der Waals surface area contributed by atoms with Crippen LogP contribution in [0, 0.1) is 0 Å². The van der Waals surface area contributed by atoms with E-state index in [0.29, 0.717) is 29.6 Å². The van der Waals surface area contributed by atoms with Crippen LogP contribution >= 0.6 is 11.6 Å². The van der Waals surface area contributed by atoms with Gasteiger partial charge >= 0.3 is 0 Å². The fourth-order valence-corrected chi connectivity index (χ4v) is 4.46. The molecule has 0 aliphatic carbocycles. The number of benzene rings is 2. The van der Waals surface area contributed by atoms with Crippen LogP contribution in [0.5, 0.6) is 0 Å². The molecule has 1 atom stereocenters. The van der Waals surface area contributed by atoms with Gasteiger partial charge in [-0.1, -0.05) is 48.0 Å². The lowest BCUT2D eigenvalue weighted by Gasteiger charge is -2.31. The minimum atomic E-state index is -0.0350. The van der Waals surface area contributed by atoms with Gasteiger partial charge in [0.15, 0.2) is 5.89 Å². The molecular weight excluding hydrogens is 410 g/mol. The maximum atomic E-state index is 13.3. The second kappa shape index (κ2) is 8.52. The van der Waals surface area contributed by atoms with E-state index in [1.54, 1.807) is 12.4 Å². The van der Waals surface area contributed by atoms with Gasteiger partial charge in [-0.2, -0.15) is 0 Å². The second-order valence-corrected chi connectivity index (χ2v) is 8.38. The summed E-state index contributed by atoms with van der Waals surface area (Å²) in [6.45, 7) is 1.30. The van der Waals surface area contributed by atoms with Crippen molar-refractivity contribution in [2.24, 2.45) is 0 Å². The fraction of sp³-hybridized carbons (Fsp3) is 0.240. The number of hydrogen-bond acceptors (Lipinski definition) is 4. The quantitative estimate of drug-likeness (QED) is 0.429. The predicted molar refractivity (Wildman–Crippen MR) is 120 cm³/mol. The monoisotopic (exact) mass is 431 g/mol. The van der Waals surface area contributed by atoms with E-state index in [0.717, 1.165) is 41.5 Å². The summed E-state index contributed by atoms with van der Waals surface area (Å²) in [5.41, 5.74) is 1.59. The number of piperidine rings is 1. The molecule has 1 saturated heterocycles. The van der Waals surface area contributed by atoms with E-state index >= 15 is 0 Å². The molecule has 2 aromatic carbocycles. The number of aromatic nitrogens is 2. The van der Waals surface area contributed by atoms with Crippen molar-refractivity contribution in [2.75, 3.05) is 13.1 Å². The molecule has 0 spiro atoms. The van der Waals surface area contributed by atoms with Gasteiger partial charge in [0.2, 0.25) is 0 Å². The highest BCUT2D eigenvalue weighted by molar-refractivity contribution is 6.30. The molecule has 5 rings (SSSR count). The van der Waals surface area contributed by atoms with E-state index in [4.69, 9.17) is 16.0 Å². The number of pyridine rings is 1. The van der Waals surface area contributed by atoms with Crippen LogP contribution < -0.4 is 0 Å². The summed E-state index contributed by atoms with van der Waals surface area (Å²) in [5, 5.41) is 2.62. The maximum Gasteiger partial charge on any atom is 0.273 e. The smallest absolute Gasteiger partial charge is 0.273 e. The first-order chi connectivity index (χ1) is 15.2. The summed E-state index contributed by atoms with van der Waals surface area (Å²) in [5.74, 6) is 1.55. The van der Waals surface area contributed by atoms with Crippen LogP contribution in [0.25, 0.3) is 10.8 Å². The number of hydrogen-bond donors (Lipinski definition) is 0. The molecule has 5 nitrogen and oxygen atoms in total. The topological polar surface area (TPSA) is 59.2 Å². The first kappa shape index (κ1) is 19.8. The minimum Gasteiger partial charge on any atom is -0.445 e. The highest BCUT2D eigenvalue weighted by Gasteiger charge is 2.29. The van der Waals surface area contributed by atoms with Crippen molar-refractivity contribution >= 4 is 28.3 Å².